The number of aryl methyl sites for hydroxylation is 2. The second-order valence-electron chi connectivity index (χ2n) is 9.22. The largest absolute Gasteiger partial charge is 0.492 e. The summed E-state index contributed by atoms with van der Waals surface area (Å²) in [4.78, 5) is 31.2. The van der Waals surface area contributed by atoms with Gasteiger partial charge < -0.3 is 9.64 Å². The maximum atomic E-state index is 13.9. The number of nitrogens with zero attached hydrogens (tertiary/aromatic N) is 2. The molecule has 168 valence electrons. The molecule has 2 aliphatic rings. The zero-order valence-electron chi connectivity index (χ0n) is 19.6. The molecule has 0 N–H and O–H groups in total. The Labute approximate surface area is 190 Å². The first-order valence-corrected chi connectivity index (χ1v) is 11.5. The lowest BCUT2D eigenvalue weighted by Gasteiger charge is -2.37. The number of hydrogen-bond donors (Lipinski definition) is 0. The summed E-state index contributed by atoms with van der Waals surface area (Å²) in [7, 11) is 0. The van der Waals surface area contributed by atoms with Gasteiger partial charge in [-0.25, -0.2) is 4.90 Å². The van der Waals surface area contributed by atoms with E-state index in [4.69, 9.17) is 4.74 Å². The third kappa shape index (κ3) is 3.92. The van der Waals surface area contributed by atoms with E-state index in [-0.39, 0.29) is 11.8 Å². The van der Waals surface area contributed by atoms with Crippen molar-refractivity contribution >= 4 is 23.1 Å². The molecule has 5 nitrogen and oxygen atoms in total. The molecule has 2 unspecified atom stereocenters. The first-order valence-electron chi connectivity index (χ1n) is 11.5. The summed E-state index contributed by atoms with van der Waals surface area (Å²) in [6.45, 7) is 12.4. The van der Waals surface area contributed by atoms with E-state index in [1.54, 1.807) is 12.1 Å². The molecule has 1 saturated heterocycles. The number of para-hydroxylation sites is 2. The summed E-state index contributed by atoms with van der Waals surface area (Å²) < 4.78 is 5.76. The van der Waals surface area contributed by atoms with E-state index in [0.29, 0.717) is 41.1 Å². The molecular weight excluding hydrogens is 400 g/mol. The highest BCUT2D eigenvalue weighted by Crippen LogP contribution is 2.40. The molecule has 2 aromatic rings. The number of amides is 2. The van der Waals surface area contributed by atoms with Crippen LogP contribution in [0.3, 0.4) is 0 Å². The molecule has 0 aromatic heterocycles. The van der Waals surface area contributed by atoms with Crippen molar-refractivity contribution in [2.24, 2.45) is 11.8 Å². The zero-order valence-corrected chi connectivity index (χ0v) is 19.6. The van der Waals surface area contributed by atoms with Gasteiger partial charge in [0.1, 0.15) is 11.4 Å². The summed E-state index contributed by atoms with van der Waals surface area (Å²) in [5, 5.41) is 0. The van der Waals surface area contributed by atoms with Crippen molar-refractivity contribution in [2.75, 3.05) is 24.6 Å². The summed E-state index contributed by atoms with van der Waals surface area (Å²) in [5.41, 5.74) is 4.56. The number of likely N-dealkylation sites (tertiary alicyclic amines) is 1. The van der Waals surface area contributed by atoms with Crippen molar-refractivity contribution in [1.29, 1.82) is 0 Å². The van der Waals surface area contributed by atoms with Gasteiger partial charge in [-0.3, -0.25) is 9.59 Å². The van der Waals surface area contributed by atoms with Gasteiger partial charge >= 0.3 is 0 Å². The summed E-state index contributed by atoms with van der Waals surface area (Å²) >= 11 is 0. The molecule has 32 heavy (non-hydrogen) atoms. The standard InChI is InChI=1S/C27H32N2O3/c1-6-32-23-10-8-7-9-22(23)29-26(30)24(21-12-11-19(4)20(5)14-21)25(27(29)31)28-15-17(2)13-18(3)16-28/h7-12,14,17-18H,6,13,15-16H2,1-5H3. The smallest absolute Gasteiger partial charge is 0.282 e. The zero-order chi connectivity index (χ0) is 23.0. The predicted octanol–water partition coefficient (Wildman–Crippen LogP) is 4.96. The van der Waals surface area contributed by atoms with Crippen molar-refractivity contribution < 1.29 is 14.3 Å². The van der Waals surface area contributed by atoms with E-state index in [1.807, 2.05) is 44.2 Å². The van der Waals surface area contributed by atoms with E-state index in [2.05, 4.69) is 25.7 Å². The summed E-state index contributed by atoms with van der Waals surface area (Å²) in [5.74, 6) is 0.903. The Balaban J connectivity index is 1.86. The van der Waals surface area contributed by atoms with Crippen molar-refractivity contribution in [3.05, 3.63) is 64.9 Å². The van der Waals surface area contributed by atoms with Crippen LogP contribution in [0, 0.1) is 25.7 Å². The first kappa shape index (κ1) is 22.1. The molecule has 2 aliphatic heterocycles. The highest BCUT2D eigenvalue weighted by molar-refractivity contribution is 6.45. The maximum absolute atomic E-state index is 13.9. The minimum Gasteiger partial charge on any atom is -0.492 e. The third-order valence-electron chi connectivity index (χ3n) is 6.45. The van der Waals surface area contributed by atoms with E-state index in [0.717, 1.165) is 36.2 Å². The van der Waals surface area contributed by atoms with Crippen molar-refractivity contribution in [3.63, 3.8) is 0 Å². The van der Waals surface area contributed by atoms with Gasteiger partial charge in [0, 0.05) is 13.1 Å². The van der Waals surface area contributed by atoms with Gasteiger partial charge in [-0.15, -0.1) is 0 Å². The number of anilines is 1. The third-order valence-corrected chi connectivity index (χ3v) is 6.45. The lowest BCUT2D eigenvalue weighted by molar-refractivity contribution is -0.120. The molecular formula is C27H32N2O3. The molecule has 0 saturated carbocycles. The molecule has 0 spiro atoms. The Morgan fingerprint density at radius 3 is 2.28 bits per heavy atom. The average Bonchev–Trinajstić information content (AvgIpc) is 3.00. The molecule has 0 radical (unpaired) electrons. The molecule has 0 bridgehead atoms. The fourth-order valence-electron chi connectivity index (χ4n) is 4.95. The number of carbonyl (C=O) groups is 2. The predicted molar refractivity (Wildman–Crippen MR) is 127 cm³/mol. The van der Waals surface area contributed by atoms with Gasteiger partial charge in [0.05, 0.1) is 17.9 Å². The lowest BCUT2D eigenvalue weighted by Crippen LogP contribution is -2.42. The highest BCUT2D eigenvalue weighted by Gasteiger charge is 2.44. The van der Waals surface area contributed by atoms with E-state index < -0.39 is 0 Å². The van der Waals surface area contributed by atoms with E-state index in [9.17, 15) is 9.59 Å². The molecule has 4 rings (SSSR count). The number of hydrogen-bond acceptors (Lipinski definition) is 4. The quantitative estimate of drug-likeness (QED) is 0.627. The van der Waals surface area contributed by atoms with Crippen molar-refractivity contribution in [1.82, 2.24) is 4.90 Å². The van der Waals surface area contributed by atoms with E-state index >= 15 is 0 Å². The fourth-order valence-corrected chi connectivity index (χ4v) is 4.95. The van der Waals surface area contributed by atoms with Gasteiger partial charge in [-0.1, -0.05) is 44.2 Å². The van der Waals surface area contributed by atoms with Gasteiger partial charge in [0.2, 0.25) is 0 Å². The van der Waals surface area contributed by atoms with Crippen LogP contribution in [0.4, 0.5) is 5.69 Å². The Kier molecular flexibility index (Phi) is 6.09. The van der Waals surface area contributed by atoms with Crippen LogP contribution in [-0.2, 0) is 9.59 Å². The molecule has 2 amide bonds. The Morgan fingerprint density at radius 2 is 1.62 bits per heavy atom. The van der Waals surface area contributed by atoms with E-state index in [1.165, 1.54) is 4.90 Å². The van der Waals surface area contributed by atoms with Crippen LogP contribution in [0.5, 0.6) is 5.75 Å². The van der Waals surface area contributed by atoms with Crippen LogP contribution in [0.1, 0.15) is 43.9 Å². The number of piperidine rings is 1. The number of ether oxygens (including phenoxy) is 1. The van der Waals surface area contributed by atoms with Crippen molar-refractivity contribution in [2.45, 2.75) is 41.0 Å². The minimum absolute atomic E-state index is 0.267. The molecule has 0 aliphatic carbocycles. The van der Waals surface area contributed by atoms with Crippen LogP contribution in [0.15, 0.2) is 48.2 Å². The molecule has 1 fully saturated rings. The fraction of sp³-hybridized carbons (Fsp3) is 0.407. The molecule has 2 heterocycles. The summed E-state index contributed by atoms with van der Waals surface area (Å²) in [6.07, 6.45) is 1.13. The lowest BCUT2D eigenvalue weighted by atomic mass is 9.90. The van der Waals surface area contributed by atoms with Gasteiger partial charge in [-0.2, -0.15) is 0 Å². The summed E-state index contributed by atoms with van der Waals surface area (Å²) in [6, 6.07) is 13.3. The average molecular weight is 433 g/mol. The Morgan fingerprint density at radius 1 is 0.938 bits per heavy atom. The van der Waals surface area contributed by atoms with Crippen LogP contribution < -0.4 is 9.64 Å². The minimum atomic E-state index is -0.286. The number of carbonyl (C=O) groups excluding carboxylic acids is 2. The second-order valence-corrected chi connectivity index (χ2v) is 9.22. The molecule has 5 heteroatoms. The molecule has 2 aromatic carbocycles. The number of rotatable bonds is 5. The van der Waals surface area contributed by atoms with Crippen LogP contribution >= 0.6 is 0 Å². The highest BCUT2D eigenvalue weighted by atomic mass is 16.5. The normalized spacial score (nSPS) is 21.5. The SMILES string of the molecule is CCOc1ccccc1N1C(=O)C(c2ccc(C)c(C)c2)=C(N2CC(C)CC(C)C2)C1=O. The second kappa shape index (κ2) is 8.81. The van der Waals surface area contributed by atoms with Crippen LogP contribution in [0.2, 0.25) is 0 Å². The Hall–Kier alpha value is -3.08. The number of imide groups is 1. The van der Waals surface area contributed by atoms with Crippen LogP contribution in [-0.4, -0.2) is 36.4 Å². The van der Waals surface area contributed by atoms with Crippen LogP contribution in [0.25, 0.3) is 5.57 Å². The van der Waals surface area contributed by atoms with Gasteiger partial charge in [-0.05, 0) is 67.9 Å². The first-order chi connectivity index (χ1) is 15.3. The maximum Gasteiger partial charge on any atom is 0.282 e. The topological polar surface area (TPSA) is 49.9 Å². The monoisotopic (exact) mass is 432 g/mol. The van der Waals surface area contributed by atoms with Gasteiger partial charge in [0.25, 0.3) is 11.8 Å². The van der Waals surface area contributed by atoms with Crippen molar-refractivity contribution in [3.8, 4) is 5.75 Å². The van der Waals surface area contributed by atoms with Gasteiger partial charge in [0.15, 0.2) is 0 Å². The Bertz CT molecular complexity index is 1080. The molecule has 2 atom stereocenters. The number of benzene rings is 2.